The molecule has 0 atom stereocenters. The van der Waals surface area contributed by atoms with Crippen LogP contribution < -0.4 is 0 Å². The van der Waals surface area contributed by atoms with E-state index >= 15 is 0 Å². The molecule has 90 valence electrons. The summed E-state index contributed by atoms with van der Waals surface area (Å²) in [6.45, 7) is 2.36. The molecule has 16 heavy (non-hydrogen) atoms. The molecule has 0 saturated heterocycles. The standard InChI is InChI=1S/C12H18O3S/c1-2-3-7-10-15-16(13,14)11-12-8-5-4-6-9-12/h4-6,8-9H,2-3,7,10-11H2,1H3. The molecule has 1 rings (SSSR count). The smallest absolute Gasteiger partial charge is 0.270 e. The maximum absolute atomic E-state index is 11.5. The highest BCUT2D eigenvalue weighted by atomic mass is 32.2. The third kappa shape index (κ3) is 5.28. The van der Waals surface area contributed by atoms with Crippen molar-refractivity contribution in [3.05, 3.63) is 35.9 Å². The molecule has 0 amide bonds. The van der Waals surface area contributed by atoms with Crippen molar-refractivity contribution in [2.24, 2.45) is 0 Å². The molecule has 0 bridgehead atoms. The zero-order valence-electron chi connectivity index (χ0n) is 9.56. The van der Waals surface area contributed by atoms with E-state index < -0.39 is 10.1 Å². The van der Waals surface area contributed by atoms with Gasteiger partial charge in [0.15, 0.2) is 0 Å². The lowest BCUT2D eigenvalue weighted by Gasteiger charge is -2.05. The van der Waals surface area contributed by atoms with Crippen molar-refractivity contribution in [1.82, 2.24) is 0 Å². The summed E-state index contributed by atoms with van der Waals surface area (Å²) in [7, 11) is -3.42. The second-order valence-electron chi connectivity index (χ2n) is 3.72. The average molecular weight is 242 g/mol. The Kier molecular flexibility index (Phi) is 5.49. The van der Waals surface area contributed by atoms with E-state index in [0.717, 1.165) is 24.8 Å². The third-order valence-corrected chi connectivity index (χ3v) is 3.41. The van der Waals surface area contributed by atoms with Crippen LogP contribution in [0.3, 0.4) is 0 Å². The monoisotopic (exact) mass is 242 g/mol. The van der Waals surface area contributed by atoms with Gasteiger partial charge >= 0.3 is 0 Å². The van der Waals surface area contributed by atoms with E-state index in [1.54, 1.807) is 12.1 Å². The van der Waals surface area contributed by atoms with Crippen LogP contribution in [0.5, 0.6) is 0 Å². The molecule has 1 aromatic rings. The number of benzene rings is 1. The Morgan fingerprint density at radius 1 is 1.12 bits per heavy atom. The van der Waals surface area contributed by atoms with Gasteiger partial charge in [0, 0.05) is 0 Å². The van der Waals surface area contributed by atoms with Gasteiger partial charge < -0.3 is 0 Å². The summed E-state index contributed by atoms with van der Waals surface area (Å²) < 4.78 is 28.0. The first kappa shape index (κ1) is 13.2. The van der Waals surface area contributed by atoms with Crippen LogP contribution in [-0.4, -0.2) is 15.0 Å². The Bertz CT molecular complexity index is 384. The van der Waals surface area contributed by atoms with Gasteiger partial charge in [-0.2, -0.15) is 8.42 Å². The number of unbranched alkanes of at least 4 members (excludes halogenated alkanes) is 2. The quantitative estimate of drug-likeness (QED) is 0.545. The molecule has 0 spiro atoms. The minimum Gasteiger partial charge on any atom is -0.270 e. The van der Waals surface area contributed by atoms with E-state index in [1.807, 2.05) is 18.2 Å². The molecule has 0 radical (unpaired) electrons. The van der Waals surface area contributed by atoms with Crippen molar-refractivity contribution < 1.29 is 12.6 Å². The lowest BCUT2D eigenvalue weighted by molar-refractivity contribution is 0.307. The molecule has 0 fully saturated rings. The highest BCUT2D eigenvalue weighted by Crippen LogP contribution is 2.08. The Morgan fingerprint density at radius 3 is 2.44 bits per heavy atom. The van der Waals surface area contributed by atoms with Crippen molar-refractivity contribution >= 4 is 10.1 Å². The maximum atomic E-state index is 11.5. The van der Waals surface area contributed by atoms with Crippen molar-refractivity contribution in [2.75, 3.05) is 6.61 Å². The Morgan fingerprint density at radius 2 is 1.81 bits per heavy atom. The molecule has 1 aromatic carbocycles. The van der Waals surface area contributed by atoms with Gasteiger partial charge in [-0.05, 0) is 12.0 Å². The first-order chi connectivity index (χ1) is 7.64. The van der Waals surface area contributed by atoms with E-state index in [9.17, 15) is 8.42 Å². The minimum atomic E-state index is -3.42. The summed E-state index contributed by atoms with van der Waals surface area (Å²) in [4.78, 5) is 0. The van der Waals surface area contributed by atoms with Crippen molar-refractivity contribution in [3.8, 4) is 0 Å². The van der Waals surface area contributed by atoms with Gasteiger partial charge in [0.1, 0.15) is 5.75 Å². The van der Waals surface area contributed by atoms with Crippen LogP contribution in [0.15, 0.2) is 30.3 Å². The van der Waals surface area contributed by atoms with Gasteiger partial charge in [-0.3, -0.25) is 4.18 Å². The van der Waals surface area contributed by atoms with E-state index in [2.05, 4.69) is 6.92 Å². The Hall–Kier alpha value is -0.870. The summed E-state index contributed by atoms with van der Waals surface area (Å²) in [5.41, 5.74) is 0.762. The van der Waals surface area contributed by atoms with E-state index in [0.29, 0.717) is 6.61 Å². The van der Waals surface area contributed by atoms with Crippen LogP contribution in [-0.2, 0) is 20.1 Å². The first-order valence-electron chi connectivity index (χ1n) is 5.55. The van der Waals surface area contributed by atoms with Gasteiger partial charge in [0.05, 0.1) is 6.61 Å². The van der Waals surface area contributed by atoms with Gasteiger partial charge in [-0.25, -0.2) is 0 Å². The van der Waals surface area contributed by atoms with Crippen molar-refractivity contribution in [2.45, 2.75) is 31.9 Å². The molecule has 0 saturated carbocycles. The molecule has 0 heterocycles. The van der Waals surface area contributed by atoms with Gasteiger partial charge in [-0.1, -0.05) is 50.1 Å². The Labute approximate surface area is 97.6 Å². The van der Waals surface area contributed by atoms with E-state index in [4.69, 9.17) is 4.18 Å². The predicted octanol–water partition coefficient (Wildman–Crippen LogP) is 2.72. The number of hydrogen-bond acceptors (Lipinski definition) is 3. The summed E-state index contributed by atoms with van der Waals surface area (Å²) in [6, 6.07) is 9.07. The molecular weight excluding hydrogens is 224 g/mol. The van der Waals surface area contributed by atoms with Crippen LogP contribution in [0.4, 0.5) is 0 Å². The lowest BCUT2D eigenvalue weighted by Crippen LogP contribution is -2.09. The van der Waals surface area contributed by atoms with E-state index in [-0.39, 0.29) is 5.75 Å². The lowest BCUT2D eigenvalue weighted by atomic mass is 10.2. The second kappa shape index (κ2) is 6.66. The fourth-order valence-corrected chi connectivity index (χ4v) is 2.41. The first-order valence-corrected chi connectivity index (χ1v) is 7.13. The maximum Gasteiger partial charge on any atom is 0.271 e. The summed E-state index contributed by atoms with van der Waals surface area (Å²) in [5.74, 6) is -0.0417. The normalized spacial score (nSPS) is 11.6. The van der Waals surface area contributed by atoms with E-state index in [1.165, 1.54) is 0 Å². The molecule has 0 aliphatic rings. The number of rotatable bonds is 7. The molecular formula is C12H18O3S. The van der Waals surface area contributed by atoms with Crippen LogP contribution in [0, 0.1) is 0 Å². The average Bonchev–Trinajstić information content (AvgIpc) is 2.25. The zero-order chi connectivity index (χ0) is 11.9. The third-order valence-electron chi connectivity index (χ3n) is 2.20. The topological polar surface area (TPSA) is 43.4 Å². The molecule has 3 nitrogen and oxygen atoms in total. The summed E-state index contributed by atoms with van der Waals surface area (Å²) in [5, 5.41) is 0. The largest absolute Gasteiger partial charge is 0.271 e. The van der Waals surface area contributed by atoms with Crippen LogP contribution in [0.25, 0.3) is 0 Å². The van der Waals surface area contributed by atoms with Crippen LogP contribution in [0.1, 0.15) is 31.7 Å². The van der Waals surface area contributed by atoms with Crippen LogP contribution >= 0.6 is 0 Å². The van der Waals surface area contributed by atoms with Gasteiger partial charge in [-0.15, -0.1) is 0 Å². The fourth-order valence-electron chi connectivity index (χ4n) is 1.36. The number of hydrogen-bond donors (Lipinski definition) is 0. The van der Waals surface area contributed by atoms with Crippen molar-refractivity contribution in [1.29, 1.82) is 0 Å². The predicted molar refractivity (Wildman–Crippen MR) is 64.5 cm³/mol. The van der Waals surface area contributed by atoms with Gasteiger partial charge in [0.2, 0.25) is 0 Å². The molecule has 0 aliphatic carbocycles. The Balaban J connectivity index is 2.40. The SMILES string of the molecule is CCCCCOS(=O)(=O)Cc1ccccc1. The summed E-state index contributed by atoms with van der Waals surface area (Å²) >= 11 is 0. The minimum absolute atomic E-state index is 0.0417. The van der Waals surface area contributed by atoms with Crippen LogP contribution in [0.2, 0.25) is 0 Å². The van der Waals surface area contributed by atoms with Crippen molar-refractivity contribution in [3.63, 3.8) is 0 Å². The highest BCUT2D eigenvalue weighted by Gasteiger charge is 2.11. The molecule has 0 aromatic heterocycles. The zero-order valence-corrected chi connectivity index (χ0v) is 10.4. The molecule has 4 heteroatoms. The molecule has 0 N–H and O–H groups in total. The summed E-state index contributed by atoms with van der Waals surface area (Å²) in [6.07, 6.45) is 2.85. The second-order valence-corrected chi connectivity index (χ2v) is 5.36. The highest BCUT2D eigenvalue weighted by molar-refractivity contribution is 7.85. The molecule has 0 unspecified atom stereocenters. The molecule has 0 aliphatic heterocycles. The van der Waals surface area contributed by atoms with Gasteiger partial charge in [0.25, 0.3) is 10.1 Å². The fraction of sp³-hybridized carbons (Fsp3) is 0.500.